The van der Waals surface area contributed by atoms with Gasteiger partial charge in [0.2, 0.25) is 0 Å². The first kappa shape index (κ1) is 13.0. The molecule has 1 aromatic carbocycles. The Bertz CT molecular complexity index is 626. The van der Waals surface area contributed by atoms with E-state index < -0.39 is 29.0 Å². The Labute approximate surface area is 110 Å². The van der Waals surface area contributed by atoms with Crippen molar-refractivity contribution in [1.82, 2.24) is 25.5 Å². The molecule has 1 fully saturated rings. The second kappa shape index (κ2) is 4.82. The van der Waals surface area contributed by atoms with Crippen molar-refractivity contribution in [2.45, 2.75) is 25.4 Å². The van der Waals surface area contributed by atoms with Gasteiger partial charge in [0.05, 0.1) is 6.54 Å². The zero-order chi connectivity index (χ0) is 14.3. The van der Waals surface area contributed by atoms with E-state index in [1.165, 1.54) is 0 Å². The lowest BCUT2D eigenvalue weighted by molar-refractivity contribution is 0.440. The predicted molar refractivity (Wildman–Crippen MR) is 58.8 cm³/mol. The van der Waals surface area contributed by atoms with Gasteiger partial charge >= 0.3 is 0 Å². The largest absolute Gasteiger partial charge is 0.307 e. The second-order valence-corrected chi connectivity index (χ2v) is 4.48. The SMILES string of the molecule is Fc1cc(F)c(F)c(-n2nnnc2CNC2CC2)c1F. The van der Waals surface area contributed by atoms with E-state index in [0.717, 1.165) is 12.8 Å². The summed E-state index contributed by atoms with van der Waals surface area (Å²) in [7, 11) is 0. The van der Waals surface area contributed by atoms with E-state index in [9.17, 15) is 17.6 Å². The molecule has 106 valence electrons. The summed E-state index contributed by atoms with van der Waals surface area (Å²) < 4.78 is 54.4. The minimum atomic E-state index is -1.54. The summed E-state index contributed by atoms with van der Waals surface area (Å²) in [5, 5.41) is 13.3. The Kier molecular flexibility index (Phi) is 3.13. The van der Waals surface area contributed by atoms with Crippen LogP contribution in [0.5, 0.6) is 0 Å². The lowest BCUT2D eigenvalue weighted by atomic mass is 10.2. The summed E-state index contributed by atoms with van der Waals surface area (Å²) in [5.41, 5.74) is -0.958. The molecule has 0 aliphatic heterocycles. The van der Waals surface area contributed by atoms with Crippen molar-refractivity contribution < 1.29 is 17.6 Å². The number of nitrogens with zero attached hydrogens (tertiary/aromatic N) is 4. The zero-order valence-electron chi connectivity index (χ0n) is 10.1. The maximum atomic E-state index is 13.7. The molecule has 3 rings (SSSR count). The van der Waals surface area contributed by atoms with Crippen LogP contribution in [0.4, 0.5) is 17.6 Å². The van der Waals surface area contributed by atoms with Crippen molar-refractivity contribution in [3.05, 3.63) is 35.2 Å². The van der Waals surface area contributed by atoms with Crippen LogP contribution < -0.4 is 5.32 Å². The third kappa shape index (κ3) is 2.24. The molecule has 0 radical (unpaired) electrons. The normalized spacial score (nSPS) is 14.8. The summed E-state index contributed by atoms with van der Waals surface area (Å²) in [6.07, 6.45) is 2.00. The zero-order valence-corrected chi connectivity index (χ0v) is 10.1. The molecule has 0 amide bonds. The molecule has 0 atom stereocenters. The molecular formula is C11H9F4N5. The van der Waals surface area contributed by atoms with Gasteiger partial charge in [-0.2, -0.15) is 4.68 Å². The van der Waals surface area contributed by atoms with Crippen LogP contribution in [0.25, 0.3) is 5.69 Å². The fourth-order valence-electron chi connectivity index (χ4n) is 1.76. The van der Waals surface area contributed by atoms with E-state index in [2.05, 4.69) is 20.8 Å². The number of halogens is 4. The Morgan fingerprint density at radius 3 is 2.40 bits per heavy atom. The lowest BCUT2D eigenvalue weighted by Crippen LogP contribution is -2.20. The lowest BCUT2D eigenvalue weighted by Gasteiger charge is -2.08. The highest BCUT2D eigenvalue weighted by molar-refractivity contribution is 5.36. The third-order valence-electron chi connectivity index (χ3n) is 2.96. The minimum absolute atomic E-state index is 0.0692. The molecule has 1 N–H and O–H groups in total. The van der Waals surface area contributed by atoms with Crippen molar-refractivity contribution in [3.8, 4) is 5.69 Å². The maximum absolute atomic E-state index is 13.7. The third-order valence-corrected chi connectivity index (χ3v) is 2.96. The predicted octanol–water partition coefficient (Wildman–Crippen LogP) is 1.47. The van der Waals surface area contributed by atoms with Crippen LogP contribution in [-0.2, 0) is 6.54 Å². The molecule has 9 heteroatoms. The van der Waals surface area contributed by atoms with Gasteiger partial charge in [-0.25, -0.2) is 17.6 Å². The van der Waals surface area contributed by atoms with Crippen LogP contribution in [0.1, 0.15) is 18.7 Å². The highest BCUT2D eigenvalue weighted by Gasteiger charge is 2.25. The van der Waals surface area contributed by atoms with Crippen LogP contribution in [-0.4, -0.2) is 26.2 Å². The average Bonchev–Trinajstić information content (AvgIpc) is 3.14. The van der Waals surface area contributed by atoms with Crippen LogP contribution in [0.3, 0.4) is 0 Å². The molecule has 5 nitrogen and oxygen atoms in total. The molecule has 0 saturated heterocycles. The molecule has 2 aromatic rings. The number of hydrogen-bond acceptors (Lipinski definition) is 4. The second-order valence-electron chi connectivity index (χ2n) is 4.48. The van der Waals surface area contributed by atoms with Gasteiger partial charge in [-0.05, 0) is 23.3 Å². The van der Waals surface area contributed by atoms with Crippen LogP contribution in [0, 0.1) is 23.3 Å². The van der Waals surface area contributed by atoms with Gasteiger partial charge in [0.15, 0.2) is 29.1 Å². The monoisotopic (exact) mass is 287 g/mol. The number of hydrogen-bond donors (Lipinski definition) is 1. The van der Waals surface area contributed by atoms with Gasteiger partial charge in [-0.1, -0.05) is 0 Å². The van der Waals surface area contributed by atoms with Crippen molar-refractivity contribution >= 4 is 0 Å². The van der Waals surface area contributed by atoms with Gasteiger partial charge < -0.3 is 5.32 Å². The number of tetrazole rings is 1. The van der Waals surface area contributed by atoms with Crippen LogP contribution in [0.2, 0.25) is 0 Å². The summed E-state index contributed by atoms with van der Waals surface area (Å²) in [5.74, 6) is -6.02. The van der Waals surface area contributed by atoms with Crippen molar-refractivity contribution in [3.63, 3.8) is 0 Å². The average molecular weight is 287 g/mol. The minimum Gasteiger partial charge on any atom is -0.307 e. The van der Waals surface area contributed by atoms with E-state index in [4.69, 9.17) is 0 Å². The fraction of sp³-hybridized carbons (Fsp3) is 0.364. The van der Waals surface area contributed by atoms with E-state index >= 15 is 0 Å². The van der Waals surface area contributed by atoms with Gasteiger partial charge in [0.25, 0.3) is 0 Å². The first-order valence-electron chi connectivity index (χ1n) is 5.92. The topological polar surface area (TPSA) is 55.6 Å². The molecular weight excluding hydrogens is 278 g/mol. The highest BCUT2D eigenvalue weighted by atomic mass is 19.2. The first-order chi connectivity index (χ1) is 9.58. The fourth-order valence-corrected chi connectivity index (χ4v) is 1.76. The van der Waals surface area contributed by atoms with Crippen molar-refractivity contribution in [1.29, 1.82) is 0 Å². The maximum Gasteiger partial charge on any atom is 0.187 e. The molecule has 0 spiro atoms. The molecule has 0 unspecified atom stereocenters. The molecule has 0 bridgehead atoms. The van der Waals surface area contributed by atoms with Crippen LogP contribution >= 0.6 is 0 Å². The van der Waals surface area contributed by atoms with Crippen molar-refractivity contribution in [2.24, 2.45) is 0 Å². The van der Waals surface area contributed by atoms with Gasteiger partial charge in [0.1, 0.15) is 5.69 Å². The van der Waals surface area contributed by atoms with Crippen molar-refractivity contribution in [2.75, 3.05) is 0 Å². The van der Waals surface area contributed by atoms with Crippen LogP contribution in [0.15, 0.2) is 6.07 Å². The molecule has 20 heavy (non-hydrogen) atoms. The van der Waals surface area contributed by atoms with Gasteiger partial charge in [0, 0.05) is 12.1 Å². The Morgan fingerprint density at radius 1 is 1.15 bits per heavy atom. The number of aromatic nitrogens is 4. The number of rotatable bonds is 4. The molecule has 1 aliphatic rings. The molecule has 1 saturated carbocycles. The molecule has 1 aliphatic carbocycles. The number of benzene rings is 1. The van der Waals surface area contributed by atoms with Gasteiger partial charge in [-0.3, -0.25) is 0 Å². The Balaban J connectivity index is 2.02. The van der Waals surface area contributed by atoms with E-state index in [0.29, 0.717) is 10.7 Å². The summed E-state index contributed by atoms with van der Waals surface area (Å²) in [4.78, 5) is 0. The molecule has 1 aromatic heterocycles. The standard InChI is InChI=1S/C11H9F4N5/c12-6-3-7(13)10(15)11(9(6)14)20-8(17-18-19-20)4-16-5-1-2-5/h3,5,16H,1-2,4H2. The quantitative estimate of drug-likeness (QED) is 0.683. The molecule has 1 heterocycles. The highest BCUT2D eigenvalue weighted by Crippen LogP contribution is 2.23. The summed E-state index contributed by atoms with van der Waals surface area (Å²) in [6, 6.07) is 0.458. The van der Waals surface area contributed by atoms with E-state index in [1.54, 1.807) is 0 Å². The van der Waals surface area contributed by atoms with E-state index in [1.807, 2.05) is 0 Å². The Morgan fingerprint density at radius 2 is 1.80 bits per heavy atom. The Hall–Kier alpha value is -2.03. The summed E-state index contributed by atoms with van der Waals surface area (Å²) >= 11 is 0. The van der Waals surface area contributed by atoms with E-state index in [-0.39, 0.29) is 18.4 Å². The number of nitrogens with one attached hydrogen (secondary N) is 1. The summed E-state index contributed by atoms with van der Waals surface area (Å²) in [6.45, 7) is 0.147. The van der Waals surface area contributed by atoms with Gasteiger partial charge in [-0.15, -0.1) is 5.10 Å². The smallest absolute Gasteiger partial charge is 0.187 e. The first-order valence-corrected chi connectivity index (χ1v) is 5.92.